The summed E-state index contributed by atoms with van der Waals surface area (Å²) in [7, 11) is 4.11. The van der Waals surface area contributed by atoms with E-state index < -0.39 is 0 Å². The first-order valence-electron chi connectivity index (χ1n) is 11.0. The molecule has 2 aromatic rings. The molecule has 0 aliphatic heterocycles. The zero-order valence-electron chi connectivity index (χ0n) is 18.0. The van der Waals surface area contributed by atoms with E-state index in [0.717, 1.165) is 50.3 Å². The zero-order valence-corrected chi connectivity index (χ0v) is 20.3. The van der Waals surface area contributed by atoms with Crippen LogP contribution in [0, 0.1) is 5.92 Å². The average Bonchev–Trinajstić information content (AvgIpc) is 3.10. The van der Waals surface area contributed by atoms with Crippen LogP contribution >= 0.6 is 34.5 Å². The van der Waals surface area contributed by atoms with Crippen LogP contribution < -0.4 is 15.5 Å². The predicted molar refractivity (Wildman–Crippen MR) is 129 cm³/mol. The number of amides is 1. The number of aromatic nitrogens is 2. The maximum absolute atomic E-state index is 12.4. The van der Waals surface area contributed by atoms with E-state index >= 15 is 0 Å². The number of anilines is 2. The summed E-state index contributed by atoms with van der Waals surface area (Å²) in [6.45, 7) is 0.662. The van der Waals surface area contributed by atoms with Gasteiger partial charge in [-0.15, -0.1) is 11.3 Å². The van der Waals surface area contributed by atoms with E-state index in [1.807, 2.05) is 0 Å². The number of nitrogens with one attached hydrogen (secondary N) is 2. The molecule has 0 saturated heterocycles. The molecular weight excluding hydrogens is 453 g/mol. The van der Waals surface area contributed by atoms with Crippen LogP contribution in [0.1, 0.15) is 60.1 Å². The maximum atomic E-state index is 12.4. The van der Waals surface area contributed by atoms with Gasteiger partial charge in [0.05, 0.1) is 15.6 Å². The number of carbonyl (C=O) groups is 1. The number of halogens is 2. The van der Waals surface area contributed by atoms with Crippen molar-refractivity contribution in [2.45, 2.75) is 57.4 Å². The summed E-state index contributed by atoms with van der Waals surface area (Å²) < 4.78 is 0.973. The number of hydrogen-bond donors (Lipinski definition) is 2. The molecule has 168 valence electrons. The van der Waals surface area contributed by atoms with Crippen LogP contribution in [0.2, 0.25) is 8.67 Å². The molecule has 0 aromatic carbocycles. The fourth-order valence-corrected chi connectivity index (χ4v) is 5.99. The number of nitrogens with zero attached hydrogens (tertiary/aromatic N) is 3. The lowest BCUT2D eigenvalue weighted by Crippen LogP contribution is -2.34. The fourth-order valence-electron chi connectivity index (χ4n) is 4.53. The van der Waals surface area contributed by atoms with Crippen LogP contribution in [0.15, 0.2) is 6.07 Å². The van der Waals surface area contributed by atoms with Gasteiger partial charge in [0, 0.05) is 32.2 Å². The molecule has 0 radical (unpaired) electrons. The molecule has 31 heavy (non-hydrogen) atoms. The number of fused-ring (bicyclic) bond motifs is 1. The minimum atomic E-state index is -0.146. The Morgan fingerprint density at radius 1 is 1.16 bits per heavy atom. The lowest BCUT2D eigenvalue weighted by Gasteiger charge is -2.30. The molecule has 0 atom stereocenters. The van der Waals surface area contributed by atoms with E-state index in [1.54, 1.807) is 6.07 Å². The third kappa shape index (κ3) is 5.44. The molecule has 4 rings (SSSR count). The summed E-state index contributed by atoms with van der Waals surface area (Å²) >= 11 is 13.2. The highest BCUT2D eigenvalue weighted by Crippen LogP contribution is 2.32. The monoisotopic (exact) mass is 481 g/mol. The molecule has 0 unspecified atom stereocenters. The number of hydrogen-bond acceptors (Lipinski definition) is 6. The van der Waals surface area contributed by atoms with E-state index in [2.05, 4.69) is 29.6 Å². The quantitative estimate of drug-likeness (QED) is 0.593. The van der Waals surface area contributed by atoms with E-state index in [4.69, 9.17) is 33.2 Å². The normalized spacial score (nSPS) is 20.8. The Hall–Kier alpha value is -1.57. The molecule has 9 heteroatoms. The Morgan fingerprint density at radius 3 is 2.58 bits per heavy atom. The van der Waals surface area contributed by atoms with Gasteiger partial charge in [-0.05, 0) is 63.4 Å². The Bertz CT molecular complexity index is 940. The van der Waals surface area contributed by atoms with Gasteiger partial charge in [0.1, 0.15) is 10.2 Å². The van der Waals surface area contributed by atoms with Crippen LogP contribution in [0.3, 0.4) is 0 Å². The standard InChI is InChI=1S/C22H29Cl2N5OS/c1-29(2)20-15-5-3-4-6-17(15)27-22(28-20)26-14-9-7-13(8-10-14)12-25-21(30)16-11-18(23)31-19(16)24/h11,13-14H,3-10,12H2,1-2H3,(H,25,30)(H,26,27,28)/t13-,14+. The number of aryl methyl sites for hydroxylation is 1. The largest absolute Gasteiger partial charge is 0.362 e. The number of carbonyl (C=O) groups excluding carboxylic acids is 1. The topological polar surface area (TPSA) is 70.2 Å². The van der Waals surface area contributed by atoms with Gasteiger partial charge < -0.3 is 15.5 Å². The minimum absolute atomic E-state index is 0.146. The second kappa shape index (κ2) is 9.92. The highest BCUT2D eigenvalue weighted by Gasteiger charge is 2.25. The van der Waals surface area contributed by atoms with Crippen molar-refractivity contribution in [2.24, 2.45) is 5.92 Å². The van der Waals surface area contributed by atoms with Crippen molar-refractivity contribution in [3.05, 3.63) is 31.6 Å². The lowest BCUT2D eigenvalue weighted by molar-refractivity contribution is 0.0944. The molecule has 2 N–H and O–H groups in total. The summed E-state index contributed by atoms with van der Waals surface area (Å²) in [5.74, 6) is 2.13. The van der Waals surface area contributed by atoms with Crippen molar-refractivity contribution in [1.82, 2.24) is 15.3 Å². The van der Waals surface area contributed by atoms with Crippen LogP contribution in [0.4, 0.5) is 11.8 Å². The smallest absolute Gasteiger partial charge is 0.253 e. The molecule has 2 aromatic heterocycles. The van der Waals surface area contributed by atoms with E-state index in [-0.39, 0.29) is 5.91 Å². The molecule has 2 heterocycles. The SMILES string of the molecule is CN(C)c1nc(N[C@H]2CC[C@@H](CNC(=O)c3cc(Cl)sc3Cl)CC2)nc2c1CCCC2. The Labute approximate surface area is 197 Å². The Kier molecular flexibility index (Phi) is 7.24. The van der Waals surface area contributed by atoms with Crippen molar-refractivity contribution in [2.75, 3.05) is 30.9 Å². The lowest BCUT2D eigenvalue weighted by atomic mass is 9.86. The molecule has 1 saturated carbocycles. The Morgan fingerprint density at radius 2 is 1.90 bits per heavy atom. The summed E-state index contributed by atoms with van der Waals surface area (Å²) in [4.78, 5) is 24.1. The summed E-state index contributed by atoms with van der Waals surface area (Å²) in [6, 6.07) is 2.00. The first-order valence-corrected chi connectivity index (χ1v) is 12.5. The predicted octanol–water partition coefficient (Wildman–Crippen LogP) is 5.19. The fraction of sp³-hybridized carbons (Fsp3) is 0.591. The molecule has 2 aliphatic carbocycles. The van der Waals surface area contributed by atoms with Crippen molar-refractivity contribution in [3.8, 4) is 0 Å². The van der Waals surface area contributed by atoms with Crippen LogP contribution in [-0.2, 0) is 12.8 Å². The summed E-state index contributed by atoms with van der Waals surface area (Å²) in [5, 5.41) is 6.60. The van der Waals surface area contributed by atoms with Gasteiger partial charge in [0.25, 0.3) is 5.91 Å². The van der Waals surface area contributed by atoms with E-state index in [9.17, 15) is 4.79 Å². The van der Waals surface area contributed by atoms with Gasteiger partial charge in [-0.25, -0.2) is 4.98 Å². The molecular formula is C22H29Cl2N5OS. The first kappa shape index (κ1) is 22.6. The van der Waals surface area contributed by atoms with E-state index in [0.29, 0.717) is 32.7 Å². The number of thiophene rings is 1. The highest BCUT2D eigenvalue weighted by molar-refractivity contribution is 7.20. The zero-order chi connectivity index (χ0) is 22.0. The molecule has 1 fully saturated rings. The molecule has 6 nitrogen and oxygen atoms in total. The maximum Gasteiger partial charge on any atom is 0.253 e. The minimum Gasteiger partial charge on any atom is -0.362 e. The summed E-state index contributed by atoms with van der Waals surface area (Å²) in [6.07, 6.45) is 8.74. The molecule has 2 aliphatic rings. The van der Waals surface area contributed by atoms with Gasteiger partial charge in [-0.3, -0.25) is 4.79 Å². The van der Waals surface area contributed by atoms with Gasteiger partial charge in [-0.2, -0.15) is 4.98 Å². The molecule has 0 bridgehead atoms. The van der Waals surface area contributed by atoms with Crippen LogP contribution in [0.5, 0.6) is 0 Å². The second-order valence-corrected chi connectivity index (χ2v) is 11.0. The van der Waals surface area contributed by atoms with Crippen molar-refractivity contribution in [3.63, 3.8) is 0 Å². The van der Waals surface area contributed by atoms with Crippen LogP contribution in [-0.4, -0.2) is 42.6 Å². The van der Waals surface area contributed by atoms with Crippen molar-refractivity contribution >= 4 is 52.2 Å². The van der Waals surface area contributed by atoms with Gasteiger partial charge in [0.15, 0.2) is 0 Å². The van der Waals surface area contributed by atoms with Crippen molar-refractivity contribution in [1.29, 1.82) is 0 Å². The molecule has 0 spiro atoms. The first-order chi connectivity index (χ1) is 14.9. The number of rotatable bonds is 6. The third-order valence-corrected chi connectivity index (χ3v) is 7.71. The second-order valence-electron chi connectivity index (χ2n) is 8.71. The van der Waals surface area contributed by atoms with Crippen LogP contribution in [0.25, 0.3) is 0 Å². The highest BCUT2D eigenvalue weighted by atomic mass is 35.5. The average molecular weight is 482 g/mol. The van der Waals surface area contributed by atoms with Gasteiger partial charge in [-0.1, -0.05) is 23.2 Å². The van der Waals surface area contributed by atoms with Gasteiger partial charge >= 0.3 is 0 Å². The van der Waals surface area contributed by atoms with Crippen molar-refractivity contribution < 1.29 is 4.79 Å². The van der Waals surface area contributed by atoms with E-state index in [1.165, 1.54) is 35.4 Å². The van der Waals surface area contributed by atoms with Gasteiger partial charge in [0.2, 0.25) is 5.95 Å². The summed E-state index contributed by atoms with van der Waals surface area (Å²) in [5.41, 5.74) is 2.98. The Balaban J connectivity index is 1.30. The molecule has 1 amide bonds. The third-order valence-electron chi connectivity index (χ3n) is 6.22.